The van der Waals surface area contributed by atoms with Crippen LogP contribution in [0.1, 0.15) is 17.3 Å². The standard InChI is InChI=1S/C10H9FO2.Na/c1-7(6-12)10(13)8-4-2-3-5-9(8)11;/h2-6,12H,1H3;/q;+1/p-1/b7-6-;. The maximum Gasteiger partial charge on any atom is 1.00 e. The van der Waals surface area contributed by atoms with Crippen LogP contribution in [-0.2, 0) is 0 Å². The van der Waals surface area contributed by atoms with Crippen molar-refractivity contribution in [3.05, 3.63) is 47.5 Å². The first-order chi connectivity index (χ1) is 6.16. The Hall–Kier alpha value is -0.640. The van der Waals surface area contributed by atoms with Crippen LogP contribution in [-0.4, -0.2) is 5.78 Å². The van der Waals surface area contributed by atoms with Gasteiger partial charge in [-0.15, -0.1) is 6.26 Å². The first-order valence-electron chi connectivity index (χ1n) is 3.74. The molecule has 0 saturated heterocycles. The normalized spacial score (nSPS) is 10.6. The summed E-state index contributed by atoms with van der Waals surface area (Å²) in [7, 11) is 0. The Bertz CT molecular complexity index is 361. The van der Waals surface area contributed by atoms with Gasteiger partial charge in [0.15, 0.2) is 5.78 Å². The Kier molecular flexibility index (Phi) is 5.69. The van der Waals surface area contributed by atoms with Gasteiger partial charge in [0.05, 0.1) is 5.56 Å². The van der Waals surface area contributed by atoms with Crippen LogP contribution in [0.4, 0.5) is 4.39 Å². The van der Waals surface area contributed by atoms with Gasteiger partial charge < -0.3 is 5.11 Å². The van der Waals surface area contributed by atoms with Crippen molar-refractivity contribution in [2.75, 3.05) is 0 Å². The molecule has 0 aliphatic carbocycles. The van der Waals surface area contributed by atoms with Gasteiger partial charge in [0.2, 0.25) is 0 Å². The van der Waals surface area contributed by atoms with E-state index in [2.05, 4.69) is 0 Å². The quantitative estimate of drug-likeness (QED) is 0.247. The van der Waals surface area contributed by atoms with Crippen molar-refractivity contribution in [3.8, 4) is 0 Å². The molecule has 0 spiro atoms. The topological polar surface area (TPSA) is 40.1 Å². The Labute approximate surface area is 104 Å². The van der Waals surface area contributed by atoms with Crippen molar-refractivity contribution < 1.29 is 43.8 Å². The van der Waals surface area contributed by atoms with Gasteiger partial charge in [-0.1, -0.05) is 12.1 Å². The monoisotopic (exact) mass is 202 g/mol. The Balaban J connectivity index is 0.00000169. The molecular formula is C10H8FNaO2. The molecule has 0 bridgehead atoms. The minimum atomic E-state index is -0.603. The van der Waals surface area contributed by atoms with Crippen molar-refractivity contribution in [2.45, 2.75) is 6.92 Å². The SMILES string of the molecule is C/C(=C/[O-])C(=O)c1ccccc1F.[Na+]. The average Bonchev–Trinajstić information content (AvgIpc) is 2.16. The number of ketones is 1. The molecule has 0 fully saturated rings. The number of rotatable bonds is 2. The summed E-state index contributed by atoms with van der Waals surface area (Å²) in [6.45, 7) is 1.36. The number of hydrogen-bond donors (Lipinski definition) is 0. The molecule has 1 rings (SSSR count). The molecule has 1 aromatic rings. The summed E-state index contributed by atoms with van der Waals surface area (Å²) in [6.07, 6.45) is 0.425. The maximum atomic E-state index is 13.0. The molecule has 0 heterocycles. The summed E-state index contributed by atoms with van der Waals surface area (Å²) in [5.74, 6) is -1.16. The van der Waals surface area contributed by atoms with Crippen LogP contribution in [0.5, 0.6) is 0 Å². The van der Waals surface area contributed by atoms with Gasteiger partial charge in [0, 0.05) is 0 Å². The van der Waals surface area contributed by atoms with E-state index in [0.29, 0.717) is 6.26 Å². The predicted molar refractivity (Wildman–Crippen MR) is 44.5 cm³/mol. The van der Waals surface area contributed by atoms with Crippen molar-refractivity contribution in [1.82, 2.24) is 0 Å². The van der Waals surface area contributed by atoms with E-state index in [-0.39, 0.29) is 40.7 Å². The smallest absolute Gasteiger partial charge is 0.878 e. The second-order valence-electron chi connectivity index (χ2n) is 2.61. The molecule has 0 atom stereocenters. The first kappa shape index (κ1) is 13.4. The minimum Gasteiger partial charge on any atom is -0.878 e. The molecular weight excluding hydrogens is 194 g/mol. The number of carbonyl (C=O) groups excluding carboxylic acids is 1. The summed E-state index contributed by atoms with van der Waals surface area (Å²) < 4.78 is 13.0. The number of allylic oxidation sites excluding steroid dienone is 1. The van der Waals surface area contributed by atoms with E-state index in [0.717, 1.165) is 0 Å². The molecule has 0 unspecified atom stereocenters. The van der Waals surface area contributed by atoms with Crippen molar-refractivity contribution >= 4 is 5.78 Å². The number of Topliss-reactive ketones (excluding diaryl/α,β-unsaturated/α-hetero) is 1. The summed E-state index contributed by atoms with van der Waals surface area (Å²) in [4.78, 5) is 11.3. The zero-order valence-electron chi connectivity index (χ0n) is 8.08. The molecule has 1 aromatic carbocycles. The van der Waals surface area contributed by atoms with E-state index in [4.69, 9.17) is 0 Å². The number of carbonyl (C=O) groups is 1. The molecule has 0 aliphatic rings. The first-order valence-corrected chi connectivity index (χ1v) is 3.74. The van der Waals surface area contributed by atoms with Crippen LogP contribution in [0.25, 0.3) is 0 Å². The van der Waals surface area contributed by atoms with Crippen molar-refractivity contribution in [2.24, 2.45) is 0 Å². The van der Waals surface area contributed by atoms with Crippen molar-refractivity contribution in [3.63, 3.8) is 0 Å². The third-order valence-electron chi connectivity index (χ3n) is 1.65. The van der Waals surface area contributed by atoms with E-state index in [1.807, 2.05) is 0 Å². The summed E-state index contributed by atoms with van der Waals surface area (Å²) >= 11 is 0. The van der Waals surface area contributed by atoms with Gasteiger partial charge in [-0.05, 0) is 24.6 Å². The Morgan fingerprint density at radius 3 is 2.50 bits per heavy atom. The van der Waals surface area contributed by atoms with Crippen LogP contribution in [0.3, 0.4) is 0 Å². The van der Waals surface area contributed by atoms with Gasteiger partial charge in [0.25, 0.3) is 0 Å². The molecule has 14 heavy (non-hydrogen) atoms. The van der Waals surface area contributed by atoms with E-state index < -0.39 is 11.6 Å². The van der Waals surface area contributed by atoms with Crippen molar-refractivity contribution in [1.29, 1.82) is 0 Å². The second kappa shape index (κ2) is 5.96. The summed E-state index contributed by atoms with van der Waals surface area (Å²) in [6, 6.07) is 5.58. The molecule has 0 aromatic heterocycles. The maximum absolute atomic E-state index is 13.0. The van der Waals surface area contributed by atoms with E-state index >= 15 is 0 Å². The number of hydrogen-bond acceptors (Lipinski definition) is 2. The van der Waals surface area contributed by atoms with E-state index in [9.17, 15) is 14.3 Å². The molecule has 4 heteroatoms. The third kappa shape index (κ3) is 2.94. The molecule has 0 radical (unpaired) electrons. The molecule has 0 amide bonds. The molecule has 0 aliphatic heterocycles. The van der Waals surface area contributed by atoms with Gasteiger partial charge >= 0.3 is 29.6 Å². The zero-order valence-corrected chi connectivity index (χ0v) is 10.1. The second-order valence-corrected chi connectivity index (χ2v) is 2.61. The van der Waals surface area contributed by atoms with Gasteiger partial charge in [-0.2, -0.15) is 0 Å². The molecule has 2 nitrogen and oxygen atoms in total. The summed E-state index contributed by atoms with van der Waals surface area (Å²) in [5, 5.41) is 10.3. The van der Waals surface area contributed by atoms with Crippen LogP contribution in [0.15, 0.2) is 36.1 Å². The van der Waals surface area contributed by atoms with Gasteiger partial charge in [-0.3, -0.25) is 4.79 Å². The summed E-state index contributed by atoms with van der Waals surface area (Å²) in [5.41, 5.74) is -0.0581. The van der Waals surface area contributed by atoms with Gasteiger partial charge in [-0.25, -0.2) is 4.39 Å². The fourth-order valence-electron chi connectivity index (χ4n) is 0.911. The largest absolute Gasteiger partial charge is 1.00 e. The van der Waals surface area contributed by atoms with Crippen LogP contribution >= 0.6 is 0 Å². The van der Waals surface area contributed by atoms with Crippen LogP contribution in [0.2, 0.25) is 0 Å². The fraction of sp³-hybridized carbons (Fsp3) is 0.100. The Morgan fingerprint density at radius 1 is 1.43 bits per heavy atom. The van der Waals surface area contributed by atoms with E-state index in [1.54, 1.807) is 6.07 Å². The minimum absolute atomic E-state index is 0. The number of halogens is 1. The van der Waals surface area contributed by atoms with Gasteiger partial charge in [0.1, 0.15) is 5.82 Å². The van der Waals surface area contributed by atoms with Crippen LogP contribution in [0, 0.1) is 5.82 Å². The molecule has 68 valence electrons. The predicted octanol–water partition coefficient (Wildman–Crippen LogP) is -1.72. The Morgan fingerprint density at radius 2 is 2.00 bits per heavy atom. The average molecular weight is 202 g/mol. The van der Waals surface area contributed by atoms with E-state index in [1.165, 1.54) is 25.1 Å². The number of benzene rings is 1. The third-order valence-corrected chi connectivity index (χ3v) is 1.65. The zero-order chi connectivity index (χ0) is 9.84. The molecule has 0 N–H and O–H groups in total. The molecule has 0 saturated carbocycles. The fourth-order valence-corrected chi connectivity index (χ4v) is 0.911. The van der Waals surface area contributed by atoms with Crippen LogP contribution < -0.4 is 34.7 Å².